The van der Waals surface area contributed by atoms with Gasteiger partial charge < -0.3 is 5.32 Å². The number of thiocarbonyl (C=S) groups is 1. The van der Waals surface area contributed by atoms with Crippen molar-refractivity contribution in [2.45, 2.75) is 12.8 Å². The number of anilines is 1. The second-order valence-corrected chi connectivity index (χ2v) is 8.02. The maximum absolute atomic E-state index is 12.5. The lowest BCUT2D eigenvalue weighted by molar-refractivity contribution is -0.122. The minimum Gasteiger partial charge on any atom is -0.326 e. The lowest BCUT2D eigenvalue weighted by atomic mass is 10.2. The van der Waals surface area contributed by atoms with Crippen molar-refractivity contribution in [3.63, 3.8) is 0 Å². The first-order chi connectivity index (χ1) is 12.1. The molecular weight excluding hydrogens is 372 g/mol. The number of carbonyl (C=O) groups excluding carboxylic acids is 2. The van der Waals surface area contributed by atoms with Crippen molar-refractivity contribution in [2.75, 3.05) is 11.9 Å². The normalized spacial score (nSPS) is 15.8. The Morgan fingerprint density at radius 3 is 2.72 bits per heavy atom. The average molecular weight is 389 g/mol. The number of nitrogens with zero attached hydrogens (tertiary/aromatic N) is 1. The first-order valence-corrected chi connectivity index (χ1v) is 9.88. The van der Waals surface area contributed by atoms with Crippen molar-refractivity contribution in [3.05, 3.63) is 57.6 Å². The molecule has 0 aliphatic carbocycles. The molecule has 7 heteroatoms. The summed E-state index contributed by atoms with van der Waals surface area (Å²) >= 11 is 8.20. The lowest BCUT2D eigenvalue weighted by Crippen LogP contribution is -2.29. The third-order valence-electron chi connectivity index (χ3n) is 3.53. The zero-order valence-corrected chi connectivity index (χ0v) is 15.8. The number of nitrogens with one attached hydrogen (secondary N) is 1. The predicted molar refractivity (Wildman–Crippen MR) is 109 cm³/mol. The van der Waals surface area contributed by atoms with Crippen molar-refractivity contribution in [2.24, 2.45) is 0 Å². The maximum Gasteiger partial charge on any atom is 0.266 e. The predicted octanol–water partition coefficient (Wildman–Crippen LogP) is 4.37. The van der Waals surface area contributed by atoms with Crippen molar-refractivity contribution in [1.29, 1.82) is 0 Å². The van der Waals surface area contributed by atoms with Crippen molar-refractivity contribution >= 4 is 63.2 Å². The summed E-state index contributed by atoms with van der Waals surface area (Å²) < 4.78 is 0.552. The summed E-state index contributed by atoms with van der Waals surface area (Å²) in [5.41, 5.74) is 0.775. The van der Waals surface area contributed by atoms with Gasteiger partial charge in [-0.2, -0.15) is 0 Å². The molecule has 1 aliphatic rings. The molecule has 128 valence electrons. The van der Waals surface area contributed by atoms with Crippen LogP contribution in [-0.4, -0.2) is 27.6 Å². The van der Waals surface area contributed by atoms with Gasteiger partial charge in [0.2, 0.25) is 5.91 Å². The number of hydrogen-bond acceptors (Lipinski definition) is 5. The molecule has 3 rings (SSSR count). The molecular formula is C18H16N2O2S3. The summed E-state index contributed by atoms with van der Waals surface area (Å²) in [5, 5.41) is 4.81. The number of hydrogen-bond donors (Lipinski definition) is 1. The summed E-state index contributed by atoms with van der Waals surface area (Å²) in [4.78, 5) is 27.7. The van der Waals surface area contributed by atoms with Crippen molar-refractivity contribution < 1.29 is 9.59 Å². The molecule has 0 atom stereocenters. The molecule has 1 saturated heterocycles. The Morgan fingerprint density at radius 2 is 2.00 bits per heavy atom. The molecule has 1 aromatic carbocycles. The van der Waals surface area contributed by atoms with E-state index in [9.17, 15) is 9.59 Å². The van der Waals surface area contributed by atoms with Crippen LogP contribution >= 0.6 is 35.3 Å². The second kappa shape index (κ2) is 8.42. The fourth-order valence-electron chi connectivity index (χ4n) is 2.34. The SMILES string of the molecule is O=C(CCCN1C(=O)C(=Cc2cccs2)SC1=S)Nc1ccccc1. The van der Waals surface area contributed by atoms with Crippen LogP contribution in [0.2, 0.25) is 0 Å². The van der Waals surface area contributed by atoms with Gasteiger partial charge in [0, 0.05) is 23.5 Å². The van der Waals surface area contributed by atoms with Gasteiger partial charge in [0.25, 0.3) is 5.91 Å². The highest BCUT2D eigenvalue weighted by Gasteiger charge is 2.31. The minimum atomic E-state index is -0.0770. The van der Waals surface area contributed by atoms with Gasteiger partial charge in [-0.3, -0.25) is 14.5 Å². The Morgan fingerprint density at radius 1 is 1.20 bits per heavy atom. The van der Waals surface area contributed by atoms with Crippen LogP contribution in [0.5, 0.6) is 0 Å². The van der Waals surface area contributed by atoms with Crippen LogP contribution in [0.1, 0.15) is 17.7 Å². The summed E-state index contributed by atoms with van der Waals surface area (Å²) in [6, 6.07) is 13.2. The number of carbonyl (C=O) groups is 2. The largest absolute Gasteiger partial charge is 0.326 e. The summed E-state index contributed by atoms with van der Waals surface area (Å²) in [7, 11) is 0. The van der Waals surface area contributed by atoms with Crippen molar-refractivity contribution in [1.82, 2.24) is 4.90 Å². The molecule has 1 fully saturated rings. The molecule has 0 unspecified atom stereocenters. The van der Waals surface area contributed by atoms with E-state index < -0.39 is 0 Å². The highest BCUT2D eigenvalue weighted by Crippen LogP contribution is 2.33. The quantitative estimate of drug-likeness (QED) is 0.590. The number of rotatable bonds is 6. The summed E-state index contributed by atoms with van der Waals surface area (Å²) in [6.07, 6.45) is 2.78. The van der Waals surface area contributed by atoms with Gasteiger partial charge in [-0.05, 0) is 36.1 Å². The number of para-hydroxylation sites is 1. The van der Waals surface area contributed by atoms with Crippen LogP contribution in [0.25, 0.3) is 6.08 Å². The zero-order valence-electron chi connectivity index (χ0n) is 13.3. The van der Waals surface area contributed by atoms with Gasteiger partial charge in [-0.1, -0.05) is 48.2 Å². The molecule has 1 aromatic heterocycles. The van der Waals surface area contributed by atoms with Crippen LogP contribution < -0.4 is 5.32 Å². The van der Waals surface area contributed by atoms with Crippen molar-refractivity contribution in [3.8, 4) is 0 Å². The van der Waals surface area contributed by atoms with E-state index in [0.29, 0.717) is 28.6 Å². The number of benzene rings is 1. The molecule has 2 amide bonds. The molecule has 0 spiro atoms. The standard InChI is InChI=1S/C18H16N2O2S3/c21-16(19-13-6-2-1-3-7-13)9-4-10-20-17(22)15(25-18(20)23)12-14-8-5-11-24-14/h1-3,5-8,11-12H,4,9-10H2,(H,19,21). The third kappa shape index (κ3) is 4.78. The Bertz CT molecular complexity index is 801. The summed E-state index contributed by atoms with van der Waals surface area (Å²) in [6.45, 7) is 0.453. The van der Waals surface area contributed by atoms with E-state index in [1.807, 2.05) is 53.9 Å². The average Bonchev–Trinajstić information content (AvgIpc) is 3.19. The van der Waals surface area contributed by atoms with Gasteiger partial charge in [0.15, 0.2) is 0 Å². The first-order valence-electron chi connectivity index (χ1n) is 7.77. The van der Waals surface area contributed by atoms with Gasteiger partial charge >= 0.3 is 0 Å². The van der Waals surface area contributed by atoms with E-state index in [-0.39, 0.29) is 11.8 Å². The van der Waals surface area contributed by atoms with E-state index in [1.54, 1.807) is 16.2 Å². The fourth-order valence-corrected chi connectivity index (χ4v) is 4.37. The third-order valence-corrected chi connectivity index (χ3v) is 5.73. The Hall–Kier alpha value is -1.96. The Labute approximate surface area is 159 Å². The summed E-state index contributed by atoms with van der Waals surface area (Å²) in [5.74, 6) is -0.141. The molecule has 2 aromatic rings. The first kappa shape index (κ1) is 17.8. The zero-order chi connectivity index (χ0) is 17.6. The lowest BCUT2D eigenvalue weighted by Gasteiger charge is -2.14. The second-order valence-electron chi connectivity index (χ2n) is 5.37. The monoisotopic (exact) mass is 388 g/mol. The molecule has 4 nitrogen and oxygen atoms in total. The van der Waals surface area contributed by atoms with E-state index in [1.165, 1.54) is 11.8 Å². The van der Waals surface area contributed by atoms with Crippen LogP contribution in [0, 0.1) is 0 Å². The molecule has 0 saturated carbocycles. The molecule has 0 bridgehead atoms. The molecule has 25 heavy (non-hydrogen) atoms. The van der Waals surface area contributed by atoms with E-state index >= 15 is 0 Å². The Kier molecular flexibility index (Phi) is 6.01. The van der Waals surface area contributed by atoms with Gasteiger partial charge in [-0.25, -0.2) is 0 Å². The number of thioether (sulfide) groups is 1. The molecule has 0 radical (unpaired) electrons. The van der Waals surface area contributed by atoms with E-state index in [0.717, 1.165) is 10.6 Å². The van der Waals surface area contributed by atoms with Crippen LogP contribution in [-0.2, 0) is 9.59 Å². The van der Waals surface area contributed by atoms with Crippen LogP contribution in [0.3, 0.4) is 0 Å². The molecule has 2 heterocycles. The van der Waals surface area contributed by atoms with Gasteiger partial charge in [-0.15, -0.1) is 11.3 Å². The molecule has 1 N–H and O–H groups in total. The minimum absolute atomic E-state index is 0.0641. The number of amides is 2. The molecule has 1 aliphatic heterocycles. The Balaban J connectivity index is 1.50. The van der Waals surface area contributed by atoms with Crippen LogP contribution in [0.4, 0.5) is 5.69 Å². The maximum atomic E-state index is 12.5. The van der Waals surface area contributed by atoms with E-state index in [2.05, 4.69) is 5.32 Å². The number of thiophene rings is 1. The smallest absolute Gasteiger partial charge is 0.266 e. The van der Waals surface area contributed by atoms with Gasteiger partial charge in [0.05, 0.1) is 4.91 Å². The van der Waals surface area contributed by atoms with Gasteiger partial charge in [0.1, 0.15) is 4.32 Å². The topological polar surface area (TPSA) is 49.4 Å². The van der Waals surface area contributed by atoms with Crippen LogP contribution in [0.15, 0.2) is 52.7 Å². The fraction of sp³-hybridized carbons (Fsp3) is 0.167. The van der Waals surface area contributed by atoms with E-state index in [4.69, 9.17) is 12.2 Å². The highest BCUT2D eigenvalue weighted by atomic mass is 32.2. The highest BCUT2D eigenvalue weighted by molar-refractivity contribution is 8.26.